The van der Waals surface area contributed by atoms with E-state index in [4.69, 9.17) is 9.47 Å². The number of halogens is 3. The van der Waals surface area contributed by atoms with Gasteiger partial charge in [0.05, 0.1) is 37.2 Å². The fourth-order valence-corrected chi connectivity index (χ4v) is 4.62. The number of imidazole rings is 2. The lowest BCUT2D eigenvalue weighted by molar-refractivity contribution is -0.128. The Morgan fingerprint density at radius 1 is 1.06 bits per heavy atom. The molecule has 1 aliphatic carbocycles. The van der Waals surface area contributed by atoms with Crippen molar-refractivity contribution in [3.8, 4) is 23.1 Å². The first-order valence-corrected chi connectivity index (χ1v) is 11.2. The zero-order valence-electron chi connectivity index (χ0n) is 19.3. The maximum atomic E-state index is 13.0. The van der Waals surface area contributed by atoms with E-state index in [1.165, 1.54) is 24.8 Å². The third-order valence-corrected chi connectivity index (χ3v) is 6.37. The summed E-state index contributed by atoms with van der Waals surface area (Å²) in [5.74, 6) is 0.550. The van der Waals surface area contributed by atoms with E-state index in [2.05, 4.69) is 25.0 Å². The first kappa shape index (κ1) is 22.3. The highest BCUT2D eigenvalue weighted by Crippen LogP contribution is 2.55. The second-order valence-corrected chi connectivity index (χ2v) is 8.63. The zero-order chi connectivity index (χ0) is 25.0. The summed E-state index contributed by atoms with van der Waals surface area (Å²) in [5.41, 5.74) is 4.49. The van der Waals surface area contributed by atoms with Crippen LogP contribution in [0, 0.1) is 0 Å². The lowest BCUT2D eigenvalue weighted by Gasteiger charge is -2.11. The average molecular weight is 495 g/mol. The minimum absolute atomic E-state index is 0.0232. The molecule has 5 aromatic rings. The third-order valence-electron chi connectivity index (χ3n) is 6.37. The van der Waals surface area contributed by atoms with Gasteiger partial charge in [-0.15, -0.1) is 0 Å². The highest BCUT2D eigenvalue weighted by Gasteiger charge is 2.42. The Morgan fingerprint density at radius 3 is 2.69 bits per heavy atom. The largest absolute Gasteiger partial charge is 0.480 e. The summed E-state index contributed by atoms with van der Waals surface area (Å²) in [6.45, 7) is 0. The molecule has 6 rings (SSSR count). The predicted molar refractivity (Wildman–Crippen MR) is 122 cm³/mol. The number of ether oxygens (including phenoxy) is 2. The van der Waals surface area contributed by atoms with Crippen molar-refractivity contribution in [1.29, 1.82) is 0 Å². The van der Waals surface area contributed by atoms with Crippen LogP contribution in [-0.4, -0.2) is 54.3 Å². The van der Waals surface area contributed by atoms with E-state index in [1.807, 2.05) is 12.1 Å². The van der Waals surface area contributed by atoms with Crippen LogP contribution in [0.1, 0.15) is 35.2 Å². The number of pyridine rings is 1. The average Bonchev–Trinajstić information content (AvgIpc) is 3.35. The number of nitrogens with zero attached hydrogens (tertiary/aromatic N) is 7. The molecule has 5 heterocycles. The van der Waals surface area contributed by atoms with Gasteiger partial charge >= 0.3 is 12.2 Å². The monoisotopic (exact) mass is 495 g/mol. The summed E-state index contributed by atoms with van der Waals surface area (Å²) in [6, 6.07) is 5.89. The number of fused-ring (bicyclic) bond motifs is 2. The minimum Gasteiger partial charge on any atom is -0.480 e. The van der Waals surface area contributed by atoms with Crippen molar-refractivity contribution in [1.82, 2.24) is 34.0 Å². The van der Waals surface area contributed by atoms with Gasteiger partial charge in [0.25, 0.3) is 0 Å². The molecule has 0 radical (unpaired) electrons. The Hall–Kier alpha value is -4.22. The molecule has 9 nitrogen and oxygen atoms in total. The van der Waals surface area contributed by atoms with Crippen LogP contribution in [0.3, 0.4) is 0 Å². The van der Waals surface area contributed by atoms with Crippen molar-refractivity contribution >= 4 is 11.2 Å². The van der Waals surface area contributed by atoms with Crippen LogP contribution in [0.2, 0.25) is 0 Å². The van der Waals surface area contributed by atoms with Crippen molar-refractivity contribution in [3.63, 3.8) is 0 Å². The highest BCUT2D eigenvalue weighted by molar-refractivity contribution is 5.68. The highest BCUT2D eigenvalue weighted by atomic mass is 19.4. The maximum absolute atomic E-state index is 13.0. The molecule has 5 aromatic heterocycles. The second kappa shape index (κ2) is 8.18. The maximum Gasteiger partial charge on any atom is 0.396 e. The van der Waals surface area contributed by atoms with Crippen molar-refractivity contribution in [2.45, 2.75) is 30.9 Å². The Kier molecular flexibility index (Phi) is 5.06. The molecule has 0 spiro atoms. The SMILES string of the molecule is COc1ncc(-c2cc([C@H]3C[C@@H]3c3ccc4cnc(CC(F)(F)F)n4c3)c3nccn3n2)c(OC)n1. The number of alkyl halides is 3. The molecular formula is C24H20F3N7O2. The van der Waals surface area contributed by atoms with Crippen LogP contribution in [0.25, 0.3) is 22.4 Å². The summed E-state index contributed by atoms with van der Waals surface area (Å²) in [4.78, 5) is 16.9. The topological polar surface area (TPSA) is 91.7 Å². The van der Waals surface area contributed by atoms with Crippen LogP contribution < -0.4 is 9.47 Å². The van der Waals surface area contributed by atoms with Crippen molar-refractivity contribution in [2.24, 2.45) is 0 Å². The fraction of sp³-hybridized carbons (Fsp3) is 0.292. The Morgan fingerprint density at radius 2 is 1.92 bits per heavy atom. The van der Waals surface area contributed by atoms with Crippen molar-refractivity contribution in [2.75, 3.05) is 14.2 Å². The molecule has 0 aliphatic heterocycles. The van der Waals surface area contributed by atoms with Gasteiger partial charge in [0.15, 0.2) is 5.65 Å². The van der Waals surface area contributed by atoms with Gasteiger partial charge in [-0.3, -0.25) is 0 Å². The molecular weight excluding hydrogens is 475 g/mol. The normalized spacial score (nSPS) is 17.6. The van der Waals surface area contributed by atoms with Crippen LogP contribution in [0.15, 0.2) is 49.2 Å². The van der Waals surface area contributed by atoms with E-state index in [0.717, 1.165) is 23.2 Å². The molecule has 1 saturated carbocycles. The molecule has 0 unspecified atom stereocenters. The van der Waals surface area contributed by atoms with Crippen LogP contribution in [-0.2, 0) is 6.42 Å². The van der Waals surface area contributed by atoms with Gasteiger partial charge < -0.3 is 13.9 Å². The van der Waals surface area contributed by atoms with Gasteiger partial charge in [-0.2, -0.15) is 23.3 Å². The van der Waals surface area contributed by atoms with Crippen LogP contribution in [0.4, 0.5) is 13.2 Å². The fourth-order valence-electron chi connectivity index (χ4n) is 4.62. The molecule has 0 amide bonds. The molecule has 0 aromatic carbocycles. The molecule has 1 fully saturated rings. The van der Waals surface area contributed by atoms with E-state index in [-0.39, 0.29) is 23.7 Å². The lowest BCUT2D eigenvalue weighted by atomic mass is 10.0. The first-order valence-electron chi connectivity index (χ1n) is 11.2. The van der Waals surface area contributed by atoms with Gasteiger partial charge in [-0.1, -0.05) is 6.07 Å². The molecule has 2 atom stereocenters. The number of rotatable bonds is 6. The summed E-state index contributed by atoms with van der Waals surface area (Å²) in [6.07, 6.45) is 3.68. The number of aromatic nitrogens is 7. The standard InChI is InChI=1S/C24H20F3N7O2/c1-35-22-18(11-30-23(31-22)36-2)19-8-17(21-28-5-6-34(21)32-19)16-7-15(16)13-3-4-14-10-29-20(33(14)12-13)9-24(25,26)27/h3-6,8,10-12,15-16H,7,9H2,1-2H3/t15-,16+/m1/s1. The molecule has 0 saturated heterocycles. The summed E-state index contributed by atoms with van der Waals surface area (Å²) in [7, 11) is 2.99. The Labute approximate surface area is 202 Å². The van der Waals surface area contributed by atoms with E-state index in [0.29, 0.717) is 22.7 Å². The van der Waals surface area contributed by atoms with E-state index in [9.17, 15) is 13.2 Å². The smallest absolute Gasteiger partial charge is 0.396 e. The van der Waals surface area contributed by atoms with Crippen molar-refractivity contribution in [3.05, 3.63) is 66.1 Å². The van der Waals surface area contributed by atoms with Crippen LogP contribution in [0.5, 0.6) is 11.9 Å². The molecule has 0 N–H and O–H groups in total. The third kappa shape index (κ3) is 3.88. The van der Waals surface area contributed by atoms with Crippen LogP contribution >= 0.6 is 0 Å². The Balaban J connectivity index is 1.37. The predicted octanol–water partition coefficient (Wildman–Crippen LogP) is 4.23. The second-order valence-electron chi connectivity index (χ2n) is 8.63. The molecule has 1 aliphatic rings. The number of hydrogen-bond acceptors (Lipinski definition) is 7. The van der Waals surface area contributed by atoms with E-state index in [1.54, 1.807) is 35.4 Å². The summed E-state index contributed by atoms with van der Waals surface area (Å²) >= 11 is 0. The van der Waals surface area contributed by atoms with Gasteiger partial charge in [-0.05, 0) is 36.0 Å². The molecule has 36 heavy (non-hydrogen) atoms. The number of hydrogen-bond donors (Lipinski definition) is 0. The molecule has 12 heteroatoms. The molecule has 0 bridgehead atoms. The molecule has 184 valence electrons. The first-order chi connectivity index (χ1) is 17.3. The Bertz CT molecular complexity index is 1590. The zero-order valence-corrected chi connectivity index (χ0v) is 19.3. The lowest BCUT2D eigenvalue weighted by Crippen LogP contribution is -2.14. The summed E-state index contributed by atoms with van der Waals surface area (Å²) in [5, 5.41) is 4.65. The van der Waals surface area contributed by atoms with Crippen molar-refractivity contribution < 1.29 is 22.6 Å². The van der Waals surface area contributed by atoms with E-state index < -0.39 is 12.6 Å². The van der Waals surface area contributed by atoms with Gasteiger partial charge in [0.1, 0.15) is 12.2 Å². The van der Waals surface area contributed by atoms with E-state index >= 15 is 0 Å². The summed E-state index contributed by atoms with van der Waals surface area (Å²) < 4.78 is 52.8. The van der Waals surface area contributed by atoms with Gasteiger partial charge in [0.2, 0.25) is 5.88 Å². The quantitative estimate of drug-likeness (QED) is 0.348. The van der Waals surface area contributed by atoms with Gasteiger partial charge in [-0.25, -0.2) is 19.5 Å². The van der Waals surface area contributed by atoms with Gasteiger partial charge in [0, 0.05) is 30.4 Å². The number of methoxy groups -OCH3 is 2. The minimum atomic E-state index is -4.33.